The Bertz CT molecular complexity index is 1220. The molecule has 5 rings (SSSR count). The van der Waals surface area contributed by atoms with E-state index in [-0.39, 0.29) is 34.8 Å². The maximum absolute atomic E-state index is 15.3. The molecule has 2 aromatic heterocycles. The van der Waals surface area contributed by atoms with Gasteiger partial charge in [-0.25, -0.2) is 9.37 Å². The second kappa shape index (κ2) is 9.02. The van der Waals surface area contributed by atoms with Crippen molar-refractivity contribution < 1.29 is 18.6 Å². The first-order chi connectivity index (χ1) is 16.8. The lowest BCUT2D eigenvalue weighted by Gasteiger charge is -2.50. The molecule has 1 N–H and O–H groups in total. The number of fused-ring (bicyclic) bond motifs is 2. The number of phenols is 1. The Morgan fingerprint density at radius 3 is 2.69 bits per heavy atom. The van der Waals surface area contributed by atoms with Crippen LogP contribution in [-0.4, -0.2) is 51.6 Å². The minimum Gasteiger partial charge on any atom is -0.507 e. The molecule has 0 spiro atoms. The number of halogens is 2. The number of ether oxygens (including phenoxy) is 1. The fraction of sp³-hybridized carbons (Fsp3) is 0.462. The molecule has 184 valence electrons. The van der Waals surface area contributed by atoms with Crippen LogP contribution in [0.5, 0.6) is 11.6 Å². The number of phenolic OH excluding ortho intramolecular Hbond substituents is 1. The van der Waals surface area contributed by atoms with Crippen molar-refractivity contribution in [1.29, 1.82) is 0 Å². The quantitative estimate of drug-likeness (QED) is 0.502. The first kappa shape index (κ1) is 23.4. The van der Waals surface area contributed by atoms with E-state index >= 15 is 4.39 Å². The Labute approximate surface area is 203 Å². The first-order valence-corrected chi connectivity index (χ1v) is 11.9. The second-order valence-electron chi connectivity index (χ2n) is 10.1. The number of hydrogen-bond donors (Lipinski definition) is 1. The van der Waals surface area contributed by atoms with Crippen molar-refractivity contribution in [2.45, 2.75) is 51.2 Å². The maximum Gasteiger partial charge on any atom is 0.216 e. The topological polar surface area (TPSA) is 84.3 Å². The van der Waals surface area contributed by atoms with Crippen molar-refractivity contribution in [1.82, 2.24) is 20.2 Å². The van der Waals surface area contributed by atoms with Gasteiger partial charge >= 0.3 is 0 Å². The highest BCUT2D eigenvalue weighted by molar-refractivity contribution is 5.73. The van der Waals surface area contributed by atoms with Crippen LogP contribution in [0.3, 0.4) is 0 Å². The minimum atomic E-state index is -0.900. The van der Waals surface area contributed by atoms with Crippen LogP contribution < -0.4 is 9.64 Å². The number of aromatic nitrogens is 4. The van der Waals surface area contributed by atoms with E-state index < -0.39 is 12.1 Å². The van der Waals surface area contributed by atoms with E-state index in [0.717, 1.165) is 32.1 Å². The molecule has 0 aliphatic heterocycles. The van der Waals surface area contributed by atoms with Crippen molar-refractivity contribution >= 4 is 5.82 Å². The summed E-state index contributed by atoms with van der Waals surface area (Å²) in [6, 6.07) is 7.46. The molecule has 2 bridgehead atoms. The van der Waals surface area contributed by atoms with Crippen LogP contribution in [0.15, 0.2) is 36.5 Å². The zero-order chi connectivity index (χ0) is 24.7. The van der Waals surface area contributed by atoms with Gasteiger partial charge in [0.2, 0.25) is 11.8 Å². The number of nitrogens with zero attached hydrogens (tertiary/aromatic N) is 5. The van der Waals surface area contributed by atoms with Gasteiger partial charge in [0.1, 0.15) is 11.9 Å². The van der Waals surface area contributed by atoms with Crippen LogP contribution >= 0.6 is 0 Å². The van der Waals surface area contributed by atoms with E-state index in [1.165, 1.54) is 19.2 Å². The van der Waals surface area contributed by atoms with Crippen molar-refractivity contribution in [2.75, 3.05) is 19.1 Å². The van der Waals surface area contributed by atoms with E-state index in [9.17, 15) is 9.50 Å². The van der Waals surface area contributed by atoms with Gasteiger partial charge in [0.05, 0.1) is 24.9 Å². The van der Waals surface area contributed by atoms with Crippen molar-refractivity contribution in [3.8, 4) is 34.1 Å². The molecule has 35 heavy (non-hydrogen) atoms. The molecular weight excluding hydrogens is 452 g/mol. The molecule has 4 atom stereocenters. The lowest BCUT2D eigenvalue weighted by molar-refractivity contribution is 0.0113. The summed E-state index contributed by atoms with van der Waals surface area (Å²) in [5.74, 6) is 0.232. The van der Waals surface area contributed by atoms with E-state index in [0.29, 0.717) is 22.5 Å². The number of anilines is 1. The molecule has 7 nitrogen and oxygen atoms in total. The summed E-state index contributed by atoms with van der Waals surface area (Å²) < 4.78 is 34.1. The van der Waals surface area contributed by atoms with Gasteiger partial charge in [0.25, 0.3) is 0 Å². The van der Waals surface area contributed by atoms with Crippen molar-refractivity contribution in [3.63, 3.8) is 0 Å². The zero-order valence-corrected chi connectivity index (χ0v) is 20.1. The average Bonchev–Trinajstić information content (AvgIpc) is 2.85. The Morgan fingerprint density at radius 1 is 1.14 bits per heavy atom. The summed E-state index contributed by atoms with van der Waals surface area (Å²) in [7, 11) is 3.26. The molecule has 2 aliphatic rings. The van der Waals surface area contributed by atoms with E-state index in [1.807, 2.05) is 11.9 Å². The monoisotopic (exact) mass is 481 g/mol. The molecule has 1 aromatic carbocycles. The minimum absolute atomic E-state index is 0.0709. The Balaban J connectivity index is 1.36. The Hall–Kier alpha value is -3.36. The summed E-state index contributed by atoms with van der Waals surface area (Å²) in [4.78, 5) is 9.90. The summed E-state index contributed by atoms with van der Waals surface area (Å²) in [5.41, 5.74) is 1.65. The molecule has 9 heteroatoms. The van der Waals surface area contributed by atoms with Gasteiger partial charge in [-0.05, 0) is 60.3 Å². The van der Waals surface area contributed by atoms with Crippen LogP contribution in [0.25, 0.3) is 22.5 Å². The summed E-state index contributed by atoms with van der Waals surface area (Å²) in [6.07, 6.45) is 5.58. The number of alkyl halides is 1. The van der Waals surface area contributed by atoms with Crippen molar-refractivity contribution in [2.24, 2.45) is 11.3 Å². The number of methoxy groups -OCH3 is 1. The molecule has 0 saturated heterocycles. The van der Waals surface area contributed by atoms with Crippen LogP contribution in [-0.2, 0) is 0 Å². The van der Waals surface area contributed by atoms with Gasteiger partial charge in [-0.1, -0.05) is 19.4 Å². The van der Waals surface area contributed by atoms with Gasteiger partial charge in [-0.2, -0.15) is 9.37 Å². The largest absolute Gasteiger partial charge is 0.507 e. The standard InChI is InChI=1S/C26H29F2N5O2/c1-26-8-4-5-16(12-26)24(28)19(13-26)33(2)22-14-29-25(32-31-22)18-7-6-15(9-20(18)34)17-10-21(27)30-23(11-17)35-3/h6-7,9-11,14,16,19,24,34H,4-5,8,12-13H2,1-3H3/t16-,19-,24+,26+/m0/s1. The third kappa shape index (κ3) is 4.51. The summed E-state index contributed by atoms with van der Waals surface area (Å²) in [5, 5.41) is 19.1. The molecule has 0 amide bonds. The lowest BCUT2D eigenvalue weighted by Crippen LogP contribution is -2.52. The SMILES string of the molecule is COc1cc(-c2ccc(-c3ncc(N(C)[C@H]4C[C@]5(C)CCC[C@@H](C5)[C@H]4F)nn3)c(O)c2)cc(F)n1. The fourth-order valence-electron chi connectivity index (χ4n) is 5.74. The summed E-state index contributed by atoms with van der Waals surface area (Å²) in [6.45, 7) is 2.27. The molecule has 3 aromatic rings. The first-order valence-electron chi connectivity index (χ1n) is 11.9. The molecule has 2 heterocycles. The van der Waals surface area contributed by atoms with Gasteiger partial charge in [0, 0.05) is 19.2 Å². The molecule has 0 unspecified atom stereocenters. The van der Waals surface area contributed by atoms with Crippen LogP contribution in [0, 0.1) is 17.3 Å². The predicted octanol–water partition coefficient (Wildman–Crippen LogP) is 5.20. The smallest absolute Gasteiger partial charge is 0.216 e. The number of hydrogen-bond acceptors (Lipinski definition) is 7. The molecule has 2 fully saturated rings. The number of aromatic hydroxyl groups is 1. The third-order valence-corrected chi connectivity index (χ3v) is 7.59. The van der Waals surface area contributed by atoms with Crippen LogP contribution in [0.1, 0.15) is 39.0 Å². The Kier molecular flexibility index (Phi) is 6.02. The van der Waals surface area contributed by atoms with Crippen molar-refractivity contribution in [3.05, 3.63) is 42.5 Å². The summed E-state index contributed by atoms with van der Waals surface area (Å²) >= 11 is 0. The highest BCUT2D eigenvalue weighted by Crippen LogP contribution is 2.50. The van der Waals surface area contributed by atoms with Gasteiger partial charge < -0.3 is 14.7 Å². The second-order valence-corrected chi connectivity index (χ2v) is 10.1. The molecule has 2 aliphatic carbocycles. The predicted molar refractivity (Wildman–Crippen MR) is 128 cm³/mol. The highest BCUT2D eigenvalue weighted by atomic mass is 19.1. The van der Waals surface area contributed by atoms with E-state index in [1.54, 1.807) is 24.4 Å². The van der Waals surface area contributed by atoms with E-state index in [2.05, 4.69) is 27.1 Å². The lowest BCUT2D eigenvalue weighted by atomic mass is 9.60. The van der Waals surface area contributed by atoms with Crippen LogP contribution in [0.4, 0.5) is 14.6 Å². The van der Waals surface area contributed by atoms with E-state index in [4.69, 9.17) is 4.74 Å². The molecule has 0 radical (unpaired) electrons. The molecular formula is C26H29F2N5O2. The van der Waals surface area contributed by atoms with Gasteiger partial charge in [-0.15, -0.1) is 10.2 Å². The number of benzene rings is 1. The number of pyridine rings is 1. The number of rotatable bonds is 5. The highest BCUT2D eigenvalue weighted by Gasteiger charge is 2.47. The third-order valence-electron chi connectivity index (χ3n) is 7.59. The average molecular weight is 482 g/mol. The van der Waals surface area contributed by atoms with Gasteiger partial charge in [0.15, 0.2) is 11.6 Å². The van der Waals surface area contributed by atoms with Gasteiger partial charge in [-0.3, -0.25) is 0 Å². The Morgan fingerprint density at radius 2 is 1.97 bits per heavy atom. The fourth-order valence-corrected chi connectivity index (χ4v) is 5.74. The molecule has 2 saturated carbocycles. The normalized spacial score (nSPS) is 25.8. The van der Waals surface area contributed by atoms with Crippen LogP contribution in [0.2, 0.25) is 0 Å². The zero-order valence-electron chi connectivity index (χ0n) is 20.1. The maximum atomic E-state index is 15.3.